The lowest BCUT2D eigenvalue weighted by Gasteiger charge is -2.18. The van der Waals surface area contributed by atoms with Crippen LogP contribution in [0.5, 0.6) is 17.2 Å². The van der Waals surface area contributed by atoms with Crippen LogP contribution in [0.4, 0.5) is 10.1 Å². The molecule has 5 aromatic rings. The molecule has 0 heterocycles. The molecule has 0 saturated carbocycles. The largest absolute Gasteiger partial charge is 0.489 e. The van der Waals surface area contributed by atoms with E-state index in [4.69, 9.17) is 21.1 Å². The van der Waals surface area contributed by atoms with Gasteiger partial charge in [-0.15, -0.1) is 0 Å². The number of halogens is 2. The maximum atomic E-state index is 14.1. The molecule has 0 aliphatic heterocycles. The Morgan fingerprint density at radius 1 is 0.784 bits per heavy atom. The van der Waals surface area contributed by atoms with Crippen molar-refractivity contribution in [3.8, 4) is 28.4 Å². The Kier molecular flexibility index (Phi) is 7.01. The van der Waals surface area contributed by atoms with Gasteiger partial charge in [-0.1, -0.05) is 60.1 Å². The minimum Gasteiger partial charge on any atom is -0.489 e. The second-order valence-electron chi connectivity index (χ2n) is 8.34. The molecular formula is C30H21ClFNO4. The molecule has 5 nitrogen and oxygen atoms in total. The molecule has 0 aliphatic carbocycles. The second kappa shape index (κ2) is 10.7. The van der Waals surface area contributed by atoms with Gasteiger partial charge in [-0.3, -0.25) is 9.59 Å². The van der Waals surface area contributed by atoms with E-state index in [1.54, 1.807) is 36.4 Å². The van der Waals surface area contributed by atoms with Crippen molar-refractivity contribution in [2.45, 2.75) is 13.2 Å². The first kappa shape index (κ1) is 24.3. The van der Waals surface area contributed by atoms with Crippen molar-refractivity contribution in [2.24, 2.45) is 0 Å². The molecule has 7 heteroatoms. The molecule has 0 fully saturated rings. The van der Waals surface area contributed by atoms with Gasteiger partial charge in [0, 0.05) is 28.8 Å². The first-order chi connectivity index (χ1) is 18.0. The van der Waals surface area contributed by atoms with Crippen LogP contribution in [0.3, 0.4) is 0 Å². The van der Waals surface area contributed by atoms with E-state index in [0.29, 0.717) is 40.0 Å². The van der Waals surface area contributed by atoms with Crippen LogP contribution in [0.2, 0.25) is 5.02 Å². The van der Waals surface area contributed by atoms with Gasteiger partial charge in [0.25, 0.3) is 0 Å². The number of hydrogen-bond acceptors (Lipinski definition) is 5. The quantitative estimate of drug-likeness (QED) is 0.221. The summed E-state index contributed by atoms with van der Waals surface area (Å²) in [4.78, 5) is 25.2. The average molecular weight is 514 g/mol. The van der Waals surface area contributed by atoms with Crippen molar-refractivity contribution < 1.29 is 13.9 Å². The van der Waals surface area contributed by atoms with Gasteiger partial charge in [0.05, 0.1) is 11.3 Å². The smallest absolute Gasteiger partial charge is 0.250 e. The lowest BCUT2D eigenvalue weighted by Crippen LogP contribution is -2.36. The number of rotatable bonds is 9. The molecular weight excluding hydrogens is 493 g/mol. The maximum absolute atomic E-state index is 14.1. The van der Waals surface area contributed by atoms with Crippen LogP contribution in [0.15, 0.2) is 107 Å². The van der Waals surface area contributed by atoms with E-state index in [1.165, 1.54) is 12.1 Å². The highest BCUT2D eigenvalue weighted by atomic mass is 35.5. The van der Waals surface area contributed by atoms with E-state index in [2.05, 4.69) is 5.32 Å². The summed E-state index contributed by atoms with van der Waals surface area (Å²) in [6.07, 6.45) is 0. The minimum atomic E-state index is -0.654. The number of para-hydroxylation sites is 1. The van der Waals surface area contributed by atoms with Crippen LogP contribution in [0.1, 0.15) is 11.1 Å². The van der Waals surface area contributed by atoms with Gasteiger partial charge < -0.3 is 14.8 Å². The lowest BCUT2D eigenvalue weighted by atomic mass is 9.97. The average Bonchev–Trinajstić information content (AvgIpc) is 2.92. The molecule has 1 N–H and O–H groups in total. The van der Waals surface area contributed by atoms with Crippen LogP contribution >= 0.6 is 11.6 Å². The predicted octanol–water partition coefficient (Wildman–Crippen LogP) is 6.73. The fourth-order valence-corrected chi connectivity index (χ4v) is 4.13. The molecule has 0 amide bonds. The lowest BCUT2D eigenvalue weighted by molar-refractivity contribution is 0.302. The van der Waals surface area contributed by atoms with Gasteiger partial charge in [-0.05, 0) is 48.0 Å². The maximum Gasteiger partial charge on any atom is 0.250 e. The zero-order valence-electron chi connectivity index (χ0n) is 19.5. The van der Waals surface area contributed by atoms with E-state index >= 15 is 0 Å². The highest BCUT2D eigenvalue weighted by molar-refractivity contribution is 6.30. The SMILES string of the molecule is O=c1c(NCc2cc(F)ccc2OCc2ccccc2)c(-c2ccc(Cl)cc2Oc2ccccc2)c1=O. The Labute approximate surface area is 217 Å². The second-order valence-corrected chi connectivity index (χ2v) is 8.78. The zero-order valence-corrected chi connectivity index (χ0v) is 20.3. The van der Waals surface area contributed by atoms with Crippen LogP contribution in [0.25, 0.3) is 11.1 Å². The van der Waals surface area contributed by atoms with Crippen molar-refractivity contribution >= 4 is 17.3 Å². The molecule has 0 radical (unpaired) electrons. The topological polar surface area (TPSA) is 64.6 Å². The third kappa shape index (κ3) is 5.39. The molecule has 5 aromatic carbocycles. The van der Waals surface area contributed by atoms with Gasteiger partial charge >= 0.3 is 0 Å². The van der Waals surface area contributed by atoms with Crippen molar-refractivity contribution in [3.63, 3.8) is 0 Å². The molecule has 0 aliphatic rings. The van der Waals surface area contributed by atoms with E-state index in [-0.39, 0.29) is 17.8 Å². The van der Waals surface area contributed by atoms with E-state index in [9.17, 15) is 14.0 Å². The molecule has 5 rings (SSSR count). The molecule has 0 spiro atoms. The van der Waals surface area contributed by atoms with Crippen LogP contribution < -0.4 is 25.6 Å². The van der Waals surface area contributed by atoms with Gasteiger partial charge in [0.2, 0.25) is 10.9 Å². The van der Waals surface area contributed by atoms with Crippen LogP contribution in [-0.4, -0.2) is 0 Å². The van der Waals surface area contributed by atoms with Gasteiger partial charge in [0.1, 0.15) is 29.7 Å². The fourth-order valence-electron chi connectivity index (χ4n) is 3.97. The summed E-state index contributed by atoms with van der Waals surface area (Å²) < 4.78 is 25.9. The minimum absolute atomic E-state index is 0.0716. The Morgan fingerprint density at radius 3 is 2.27 bits per heavy atom. The standard InChI is InChI=1S/C30H21ClFNO4/c31-21-11-13-24(26(16-21)37-23-9-5-2-6-10-23)27-28(30(35)29(27)34)33-17-20-15-22(32)12-14-25(20)36-18-19-7-3-1-4-8-19/h1-16,33H,17-18H2. The highest BCUT2D eigenvalue weighted by Crippen LogP contribution is 2.37. The van der Waals surface area contributed by atoms with Crippen LogP contribution in [-0.2, 0) is 13.2 Å². The molecule has 0 bridgehead atoms. The third-order valence-corrected chi connectivity index (χ3v) is 6.04. The summed E-state index contributed by atoms with van der Waals surface area (Å²) >= 11 is 6.18. The van der Waals surface area contributed by atoms with Crippen molar-refractivity contribution in [2.75, 3.05) is 5.32 Å². The van der Waals surface area contributed by atoms with E-state index in [1.807, 2.05) is 48.5 Å². The summed E-state index contributed by atoms with van der Waals surface area (Å²) in [5.41, 5.74) is 0.927. The summed E-state index contributed by atoms with van der Waals surface area (Å²) in [6.45, 7) is 0.373. The molecule has 37 heavy (non-hydrogen) atoms. The Balaban J connectivity index is 1.41. The number of hydrogen-bond donors (Lipinski definition) is 1. The fraction of sp³-hybridized carbons (Fsp3) is 0.0667. The summed E-state index contributed by atoms with van der Waals surface area (Å²) in [6, 6.07) is 27.7. The van der Waals surface area contributed by atoms with E-state index in [0.717, 1.165) is 5.56 Å². The molecule has 0 unspecified atom stereocenters. The Hall–Kier alpha value is -4.42. The van der Waals surface area contributed by atoms with Gasteiger partial charge in [0.15, 0.2) is 0 Å². The Bertz CT molecular complexity index is 1610. The highest BCUT2D eigenvalue weighted by Gasteiger charge is 2.25. The monoisotopic (exact) mass is 513 g/mol. The summed E-state index contributed by atoms with van der Waals surface area (Å²) in [7, 11) is 0. The molecule has 0 aromatic heterocycles. The third-order valence-electron chi connectivity index (χ3n) is 5.81. The Morgan fingerprint density at radius 2 is 1.51 bits per heavy atom. The number of benzene rings is 4. The van der Waals surface area contributed by atoms with Gasteiger partial charge in [-0.25, -0.2) is 4.39 Å². The number of ether oxygens (including phenoxy) is 2. The number of anilines is 1. The molecule has 0 saturated heterocycles. The van der Waals surface area contributed by atoms with Gasteiger partial charge in [-0.2, -0.15) is 0 Å². The number of nitrogens with one attached hydrogen (secondary N) is 1. The van der Waals surface area contributed by atoms with Crippen molar-refractivity contribution in [1.29, 1.82) is 0 Å². The van der Waals surface area contributed by atoms with E-state index < -0.39 is 16.7 Å². The van der Waals surface area contributed by atoms with Crippen LogP contribution in [0, 0.1) is 5.82 Å². The first-order valence-corrected chi connectivity index (χ1v) is 11.9. The summed E-state index contributed by atoms with van der Waals surface area (Å²) in [5, 5.41) is 3.43. The van der Waals surface area contributed by atoms with Crippen molar-refractivity contribution in [3.05, 3.63) is 139 Å². The predicted molar refractivity (Wildman–Crippen MR) is 143 cm³/mol. The van der Waals surface area contributed by atoms with Crippen molar-refractivity contribution in [1.82, 2.24) is 0 Å². The zero-order chi connectivity index (χ0) is 25.8. The normalized spacial score (nSPS) is 10.9. The molecule has 0 atom stereocenters. The first-order valence-electron chi connectivity index (χ1n) is 11.5. The summed E-state index contributed by atoms with van der Waals surface area (Å²) in [5.74, 6) is 0.925. The molecule has 184 valence electrons.